The highest BCUT2D eigenvalue weighted by atomic mass is 32.2. The topological polar surface area (TPSA) is 83.9 Å². The van der Waals surface area contributed by atoms with Gasteiger partial charge in [0.25, 0.3) is 0 Å². The Hall–Kier alpha value is -0.870. The van der Waals surface area contributed by atoms with Crippen LogP contribution in [0.15, 0.2) is 0 Å². The van der Waals surface area contributed by atoms with E-state index in [9.17, 15) is 26.4 Å². The molecule has 2 rings (SSSR count). The molecular formula is C13H20F3NO5S. The van der Waals surface area contributed by atoms with Crippen molar-refractivity contribution < 1.29 is 36.2 Å². The Morgan fingerprint density at radius 2 is 1.83 bits per heavy atom. The number of ether oxygens (including phenoxy) is 1. The standard InChI is InChI=1S/C13H20F3NO5S/c14-13(15,16)11-8-17(7-10(11)12(18)19)23(20,21)6-3-9-1-4-22-5-2-9/h9-11H,1-8H2,(H,18,19)/t10-,11-/m1/s1. The van der Waals surface area contributed by atoms with Crippen LogP contribution in [0, 0.1) is 17.8 Å². The summed E-state index contributed by atoms with van der Waals surface area (Å²) in [6.07, 6.45) is -2.90. The molecule has 0 spiro atoms. The predicted octanol–water partition coefficient (Wildman–Crippen LogP) is 1.33. The second-order valence-corrected chi connectivity index (χ2v) is 8.16. The van der Waals surface area contributed by atoms with Gasteiger partial charge >= 0.3 is 12.1 Å². The van der Waals surface area contributed by atoms with Crippen LogP contribution in [0.4, 0.5) is 13.2 Å². The van der Waals surface area contributed by atoms with Crippen molar-refractivity contribution in [3.05, 3.63) is 0 Å². The molecule has 0 aliphatic carbocycles. The third-order valence-electron chi connectivity index (χ3n) is 4.54. The van der Waals surface area contributed by atoms with Gasteiger partial charge in [-0.1, -0.05) is 0 Å². The monoisotopic (exact) mass is 359 g/mol. The average molecular weight is 359 g/mol. The first-order chi connectivity index (χ1) is 10.6. The van der Waals surface area contributed by atoms with Crippen molar-refractivity contribution in [2.45, 2.75) is 25.4 Å². The molecule has 2 aliphatic heterocycles. The van der Waals surface area contributed by atoms with E-state index >= 15 is 0 Å². The van der Waals surface area contributed by atoms with E-state index in [1.165, 1.54) is 0 Å². The van der Waals surface area contributed by atoms with Gasteiger partial charge in [0.05, 0.1) is 17.6 Å². The van der Waals surface area contributed by atoms with E-state index in [0.29, 0.717) is 23.9 Å². The molecule has 2 aliphatic rings. The fourth-order valence-corrected chi connectivity index (χ4v) is 4.72. The van der Waals surface area contributed by atoms with Gasteiger partial charge in [-0.3, -0.25) is 4.79 Å². The van der Waals surface area contributed by atoms with Crippen molar-refractivity contribution in [1.82, 2.24) is 4.31 Å². The molecule has 0 bridgehead atoms. The summed E-state index contributed by atoms with van der Waals surface area (Å²) >= 11 is 0. The summed E-state index contributed by atoms with van der Waals surface area (Å²) in [6, 6.07) is 0. The number of nitrogens with zero attached hydrogens (tertiary/aromatic N) is 1. The molecule has 0 radical (unpaired) electrons. The van der Waals surface area contributed by atoms with Gasteiger partial charge in [0.15, 0.2) is 0 Å². The maximum Gasteiger partial charge on any atom is 0.393 e. The fourth-order valence-electron chi connectivity index (χ4n) is 3.06. The predicted molar refractivity (Wildman–Crippen MR) is 74.2 cm³/mol. The lowest BCUT2D eigenvalue weighted by Gasteiger charge is -2.23. The third kappa shape index (κ3) is 4.57. The summed E-state index contributed by atoms with van der Waals surface area (Å²) in [6.45, 7) is -0.302. The minimum absolute atomic E-state index is 0.176. The quantitative estimate of drug-likeness (QED) is 0.801. The molecule has 1 N–H and O–H groups in total. The first kappa shape index (κ1) is 18.5. The molecule has 134 valence electrons. The summed E-state index contributed by atoms with van der Waals surface area (Å²) in [4.78, 5) is 11.0. The van der Waals surface area contributed by atoms with Crippen LogP contribution in [-0.2, 0) is 19.6 Å². The van der Waals surface area contributed by atoms with Gasteiger partial charge in [0, 0.05) is 26.3 Å². The van der Waals surface area contributed by atoms with Gasteiger partial charge in [-0.15, -0.1) is 0 Å². The van der Waals surface area contributed by atoms with E-state index in [-0.39, 0.29) is 11.7 Å². The number of carboxylic acids is 1. The van der Waals surface area contributed by atoms with E-state index in [1.807, 2.05) is 0 Å². The summed E-state index contributed by atoms with van der Waals surface area (Å²) in [5.41, 5.74) is 0. The molecule has 0 aromatic carbocycles. The minimum atomic E-state index is -4.73. The zero-order valence-corrected chi connectivity index (χ0v) is 13.3. The number of rotatable bonds is 5. The Labute approximate surface area is 132 Å². The first-order valence-corrected chi connectivity index (χ1v) is 9.07. The smallest absolute Gasteiger partial charge is 0.393 e. The molecule has 0 aromatic heterocycles. The van der Waals surface area contributed by atoms with Crippen LogP contribution in [0.1, 0.15) is 19.3 Å². The normalized spacial score (nSPS) is 28.1. The minimum Gasteiger partial charge on any atom is -0.481 e. The molecule has 2 fully saturated rings. The molecule has 0 unspecified atom stereocenters. The Morgan fingerprint density at radius 3 is 2.30 bits per heavy atom. The molecule has 2 atom stereocenters. The number of alkyl halides is 3. The largest absolute Gasteiger partial charge is 0.481 e. The maximum atomic E-state index is 12.9. The van der Waals surface area contributed by atoms with Gasteiger partial charge in [-0.05, 0) is 25.2 Å². The Kier molecular flexibility index (Phi) is 5.57. The molecule has 2 saturated heterocycles. The summed E-state index contributed by atoms with van der Waals surface area (Å²) in [5.74, 6) is -5.59. The fraction of sp³-hybridized carbons (Fsp3) is 0.923. The van der Waals surface area contributed by atoms with Crippen molar-refractivity contribution >= 4 is 16.0 Å². The Balaban J connectivity index is 2.00. The second-order valence-electron chi connectivity index (χ2n) is 6.07. The van der Waals surface area contributed by atoms with Gasteiger partial charge in [0.1, 0.15) is 0 Å². The van der Waals surface area contributed by atoms with E-state index in [0.717, 1.165) is 12.8 Å². The van der Waals surface area contributed by atoms with Crippen LogP contribution >= 0.6 is 0 Å². The molecule has 0 saturated carbocycles. The second kappa shape index (κ2) is 6.94. The first-order valence-electron chi connectivity index (χ1n) is 7.46. The van der Waals surface area contributed by atoms with Crippen LogP contribution in [0.3, 0.4) is 0 Å². The van der Waals surface area contributed by atoms with Gasteiger partial charge in [0.2, 0.25) is 10.0 Å². The highest BCUT2D eigenvalue weighted by Gasteiger charge is 2.54. The SMILES string of the molecule is O=C(O)[C@@H]1CN(S(=O)(=O)CCC2CCOCC2)C[C@H]1C(F)(F)F. The lowest BCUT2D eigenvalue weighted by molar-refractivity contribution is -0.187. The van der Waals surface area contributed by atoms with Gasteiger partial charge < -0.3 is 9.84 Å². The van der Waals surface area contributed by atoms with Crippen molar-refractivity contribution in [1.29, 1.82) is 0 Å². The number of carboxylic acid groups (broad SMARTS) is 1. The number of aliphatic carboxylic acids is 1. The van der Waals surface area contributed by atoms with Crippen molar-refractivity contribution in [2.24, 2.45) is 17.8 Å². The van der Waals surface area contributed by atoms with Crippen molar-refractivity contribution in [2.75, 3.05) is 32.1 Å². The third-order valence-corrected chi connectivity index (χ3v) is 6.38. The van der Waals surface area contributed by atoms with Crippen LogP contribution in [0.5, 0.6) is 0 Å². The van der Waals surface area contributed by atoms with E-state index in [1.54, 1.807) is 0 Å². The molecule has 0 aromatic rings. The van der Waals surface area contributed by atoms with E-state index < -0.39 is 47.1 Å². The summed E-state index contributed by atoms with van der Waals surface area (Å²) in [7, 11) is -3.89. The lowest BCUT2D eigenvalue weighted by Crippen LogP contribution is -2.34. The number of hydrogen-bond acceptors (Lipinski definition) is 4. The van der Waals surface area contributed by atoms with Crippen LogP contribution < -0.4 is 0 Å². The van der Waals surface area contributed by atoms with E-state index in [4.69, 9.17) is 9.84 Å². The summed E-state index contributed by atoms with van der Waals surface area (Å²) < 4.78 is 69.1. The van der Waals surface area contributed by atoms with Crippen molar-refractivity contribution in [3.8, 4) is 0 Å². The molecule has 2 heterocycles. The van der Waals surface area contributed by atoms with Crippen LogP contribution in [-0.4, -0.2) is 62.0 Å². The van der Waals surface area contributed by atoms with Crippen LogP contribution in [0.25, 0.3) is 0 Å². The van der Waals surface area contributed by atoms with Gasteiger partial charge in [-0.25, -0.2) is 12.7 Å². The average Bonchev–Trinajstić information content (AvgIpc) is 2.93. The van der Waals surface area contributed by atoms with Crippen LogP contribution in [0.2, 0.25) is 0 Å². The zero-order valence-electron chi connectivity index (χ0n) is 12.5. The number of carbonyl (C=O) groups is 1. The molecule has 10 heteroatoms. The molecule has 23 heavy (non-hydrogen) atoms. The molecular weight excluding hydrogens is 339 g/mol. The summed E-state index contributed by atoms with van der Waals surface area (Å²) in [5, 5.41) is 8.93. The number of sulfonamides is 1. The molecule has 0 amide bonds. The maximum absolute atomic E-state index is 12.9. The molecule has 6 nitrogen and oxygen atoms in total. The lowest BCUT2D eigenvalue weighted by atomic mass is 9.96. The highest BCUT2D eigenvalue weighted by Crippen LogP contribution is 2.39. The zero-order chi connectivity index (χ0) is 17.3. The van der Waals surface area contributed by atoms with Crippen molar-refractivity contribution in [3.63, 3.8) is 0 Å². The Bertz CT molecular complexity index is 530. The number of halogens is 3. The Morgan fingerprint density at radius 1 is 1.22 bits per heavy atom. The van der Waals surface area contributed by atoms with Gasteiger partial charge in [-0.2, -0.15) is 13.2 Å². The highest BCUT2D eigenvalue weighted by molar-refractivity contribution is 7.89. The van der Waals surface area contributed by atoms with E-state index in [2.05, 4.69) is 0 Å². The number of hydrogen-bond donors (Lipinski definition) is 1.